The predicted molar refractivity (Wildman–Crippen MR) is 105 cm³/mol. The molecule has 0 saturated heterocycles. The van der Waals surface area contributed by atoms with E-state index >= 15 is 0 Å². The number of ether oxygens (including phenoxy) is 1. The molecule has 26 heavy (non-hydrogen) atoms. The molecular formula is C20H23BrN2O3. The maximum atomic E-state index is 12.0. The van der Waals surface area contributed by atoms with Gasteiger partial charge in [-0.05, 0) is 55.2 Å². The third-order valence-corrected chi connectivity index (χ3v) is 4.72. The van der Waals surface area contributed by atoms with Crippen LogP contribution in [0.1, 0.15) is 46.8 Å². The fourth-order valence-electron chi connectivity index (χ4n) is 2.41. The van der Waals surface area contributed by atoms with E-state index in [1.165, 1.54) is 0 Å². The lowest BCUT2D eigenvalue weighted by Crippen LogP contribution is -2.43. The topological polar surface area (TPSA) is 67.4 Å². The Balaban J connectivity index is 1.93. The molecule has 0 aromatic heterocycles. The van der Waals surface area contributed by atoms with Gasteiger partial charge in [-0.2, -0.15) is 0 Å². The highest BCUT2D eigenvalue weighted by Gasteiger charge is 2.13. The van der Waals surface area contributed by atoms with E-state index in [9.17, 15) is 9.59 Å². The number of rotatable bonds is 5. The lowest BCUT2D eigenvalue weighted by molar-refractivity contribution is -0.123. The van der Waals surface area contributed by atoms with Crippen LogP contribution in [-0.4, -0.2) is 18.4 Å². The Morgan fingerprint density at radius 3 is 2.50 bits per heavy atom. The molecule has 0 saturated carbocycles. The zero-order chi connectivity index (χ0) is 19.3. The molecule has 2 aromatic rings. The lowest BCUT2D eigenvalue weighted by atomic mass is 10.0. The van der Waals surface area contributed by atoms with Gasteiger partial charge in [0.15, 0.2) is 6.61 Å². The molecule has 0 atom stereocenters. The van der Waals surface area contributed by atoms with Crippen LogP contribution in [0.5, 0.6) is 5.75 Å². The molecule has 0 radical (unpaired) electrons. The van der Waals surface area contributed by atoms with Gasteiger partial charge in [-0.15, -0.1) is 0 Å². The normalized spacial score (nSPS) is 10.5. The molecule has 2 N–H and O–H groups in total. The summed E-state index contributed by atoms with van der Waals surface area (Å²) in [4.78, 5) is 24.0. The van der Waals surface area contributed by atoms with Crippen LogP contribution in [-0.2, 0) is 4.79 Å². The third-order valence-electron chi connectivity index (χ3n) is 3.87. The number of hydrogen-bond donors (Lipinski definition) is 2. The van der Waals surface area contributed by atoms with Gasteiger partial charge in [0.2, 0.25) is 0 Å². The molecule has 0 heterocycles. The van der Waals surface area contributed by atoms with Crippen molar-refractivity contribution in [1.29, 1.82) is 0 Å². The van der Waals surface area contributed by atoms with E-state index in [4.69, 9.17) is 4.74 Å². The van der Waals surface area contributed by atoms with Gasteiger partial charge >= 0.3 is 0 Å². The van der Waals surface area contributed by atoms with Crippen LogP contribution in [0.4, 0.5) is 0 Å². The minimum Gasteiger partial charge on any atom is -0.483 e. The first kappa shape index (κ1) is 20.0. The van der Waals surface area contributed by atoms with Crippen molar-refractivity contribution in [2.45, 2.75) is 33.6 Å². The van der Waals surface area contributed by atoms with Gasteiger partial charge in [0, 0.05) is 10.0 Å². The minimum absolute atomic E-state index is 0.186. The molecule has 0 unspecified atom stereocenters. The highest BCUT2D eigenvalue weighted by Crippen LogP contribution is 2.32. The molecule has 138 valence electrons. The second-order valence-corrected chi connectivity index (χ2v) is 7.31. The fourth-order valence-corrected chi connectivity index (χ4v) is 2.77. The average molecular weight is 419 g/mol. The summed E-state index contributed by atoms with van der Waals surface area (Å²) in [5.74, 6) is 0.123. The Morgan fingerprint density at radius 2 is 1.85 bits per heavy atom. The molecule has 2 aromatic carbocycles. The smallest absolute Gasteiger partial charge is 0.276 e. The predicted octanol–water partition coefficient (Wildman–Crippen LogP) is 4.03. The van der Waals surface area contributed by atoms with Crippen molar-refractivity contribution in [2.24, 2.45) is 0 Å². The van der Waals surface area contributed by atoms with E-state index in [-0.39, 0.29) is 18.4 Å². The van der Waals surface area contributed by atoms with Crippen molar-refractivity contribution >= 4 is 27.7 Å². The van der Waals surface area contributed by atoms with Crippen LogP contribution in [0, 0.1) is 13.8 Å². The summed E-state index contributed by atoms with van der Waals surface area (Å²) in [6, 6.07) is 11.0. The molecular weight excluding hydrogens is 396 g/mol. The van der Waals surface area contributed by atoms with E-state index in [0.29, 0.717) is 11.3 Å². The van der Waals surface area contributed by atoms with E-state index in [1.54, 1.807) is 18.2 Å². The number of aryl methyl sites for hydroxylation is 2. The molecule has 0 aliphatic heterocycles. The maximum absolute atomic E-state index is 12.0. The monoisotopic (exact) mass is 418 g/mol. The average Bonchev–Trinajstić information content (AvgIpc) is 2.60. The van der Waals surface area contributed by atoms with Gasteiger partial charge in [0.1, 0.15) is 5.75 Å². The molecule has 2 rings (SSSR count). The number of halogens is 1. The highest BCUT2D eigenvalue weighted by molar-refractivity contribution is 9.10. The summed E-state index contributed by atoms with van der Waals surface area (Å²) >= 11 is 3.51. The Hall–Kier alpha value is -2.34. The van der Waals surface area contributed by atoms with Gasteiger partial charge in [0.25, 0.3) is 11.8 Å². The summed E-state index contributed by atoms with van der Waals surface area (Å²) in [6.07, 6.45) is 0. The standard InChI is InChI=1S/C20H23BrN2O3/c1-12(2)16-10-17(21)14(4)9-18(16)26-11-19(24)22-23-20(25)15-7-5-6-13(3)8-15/h5-10,12H,11H2,1-4H3,(H,22,24)(H,23,25). The SMILES string of the molecule is Cc1cccc(C(=O)NNC(=O)COc2cc(C)c(Br)cc2C(C)C)c1. The molecule has 0 aliphatic carbocycles. The van der Waals surface area contributed by atoms with E-state index in [1.807, 2.05) is 32.0 Å². The third kappa shape index (κ3) is 5.33. The van der Waals surface area contributed by atoms with E-state index in [2.05, 4.69) is 40.6 Å². The fraction of sp³-hybridized carbons (Fsp3) is 0.300. The van der Waals surface area contributed by atoms with Gasteiger partial charge in [-0.3, -0.25) is 20.4 Å². The van der Waals surface area contributed by atoms with Crippen molar-refractivity contribution in [3.8, 4) is 5.75 Å². The number of amides is 2. The second kappa shape index (κ2) is 8.85. The van der Waals surface area contributed by atoms with Crippen LogP contribution in [0.15, 0.2) is 40.9 Å². The van der Waals surface area contributed by atoms with Crippen molar-refractivity contribution < 1.29 is 14.3 Å². The minimum atomic E-state index is -0.429. The molecule has 0 fully saturated rings. The highest BCUT2D eigenvalue weighted by atomic mass is 79.9. The van der Waals surface area contributed by atoms with Crippen molar-refractivity contribution in [1.82, 2.24) is 10.9 Å². The maximum Gasteiger partial charge on any atom is 0.276 e. The quantitative estimate of drug-likeness (QED) is 0.720. The Labute approximate surface area is 162 Å². The van der Waals surface area contributed by atoms with Gasteiger partial charge in [-0.25, -0.2) is 0 Å². The van der Waals surface area contributed by atoms with Crippen LogP contribution in [0.25, 0.3) is 0 Å². The summed E-state index contributed by atoms with van der Waals surface area (Å²) in [5, 5.41) is 0. The Bertz CT molecular complexity index is 819. The number of carbonyl (C=O) groups is 2. The zero-order valence-corrected chi connectivity index (χ0v) is 16.9. The van der Waals surface area contributed by atoms with Crippen LogP contribution in [0.3, 0.4) is 0 Å². The molecule has 0 bridgehead atoms. The molecule has 0 aliphatic rings. The zero-order valence-electron chi connectivity index (χ0n) is 15.4. The Kier molecular flexibility index (Phi) is 6.80. The molecule has 2 amide bonds. The van der Waals surface area contributed by atoms with Crippen molar-refractivity contribution in [3.05, 3.63) is 63.1 Å². The van der Waals surface area contributed by atoms with Gasteiger partial charge in [-0.1, -0.05) is 47.5 Å². The summed E-state index contributed by atoms with van der Waals surface area (Å²) in [5.41, 5.74) is 8.26. The molecule has 0 spiro atoms. The van der Waals surface area contributed by atoms with Crippen LogP contribution in [0.2, 0.25) is 0 Å². The summed E-state index contributed by atoms with van der Waals surface area (Å²) < 4.78 is 6.67. The summed E-state index contributed by atoms with van der Waals surface area (Å²) in [7, 11) is 0. The lowest BCUT2D eigenvalue weighted by Gasteiger charge is -2.16. The first-order valence-electron chi connectivity index (χ1n) is 8.36. The number of carbonyl (C=O) groups excluding carboxylic acids is 2. The number of hydrogen-bond acceptors (Lipinski definition) is 3. The Morgan fingerprint density at radius 1 is 1.12 bits per heavy atom. The van der Waals surface area contributed by atoms with Crippen LogP contribution >= 0.6 is 15.9 Å². The number of benzene rings is 2. The second-order valence-electron chi connectivity index (χ2n) is 6.45. The molecule has 6 heteroatoms. The number of nitrogens with one attached hydrogen (secondary N) is 2. The summed E-state index contributed by atoms with van der Waals surface area (Å²) in [6.45, 7) is 7.80. The largest absolute Gasteiger partial charge is 0.483 e. The van der Waals surface area contributed by atoms with Crippen molar-refractivity contribution in [3.63, 3.8) is 0 Å². The van der Waals surface area contributed by atoms with E-state index in [0.717, 1.165) is 21.2 Å². The number of hydrazine groups is 1. The van der Waals surface area contributed by atoms with E-state index < -0.39 is 5.91 Å². The molecule has 5 nitrogen and oxygen atoms in total. The van der Waals surface area contributed by atoms with Gasteiger partial charge in [0.05, 0.1) is 0 Å². The van der Waals surface area contributed by atoms with Crippen molar-refractivity contribution in [2.75, 3.05) is 6.61 Å². The van der Waals surface area contributed by atoms with Gasteiger partial charge < -0.3 is 4.74 Å². The van der Waals surface area contributed by atoms with Crippen LogP contribution < -0.4 is 15.6 Å². The first-order valence-corrected chi connectivity index (χ1v) is 9.16. The first-order chi connectivity index (χ1) is 12.3.